The van der Waals surface area contributed by atoms with Gasteiger partial charge in [-0.15, -0.1) is 0 Å². The third-order valence-corrected chi connectivity index (χ3v) is 4.62. The molecule has 1 aromatic heterocycles. The van der Waals surface area contributed by atoms with Crippen molar-refractivity contribution in [1.82, 2.24) is 14.9 Å². The number of carbonyl (C=O) groups excluding carboxylic acids is 2. The molecule has 7 nitrogen and oxygen atoms in total. The molecule has 0 bridgehead atoms. The van der Waals surface area contributed by atoms with Crippen molar-refractivity contribution in [2.75, 3.05) is 37.7 Å². The minimum Gasteiger partial charge on any atom is -0.452 e. The van der Waals surface area contributed by atoms with Gasteiger partial charge in [-0.05, 0) is 29.8 Å². The molecule has 27 heavy (non-hydrogen) atoms. The normalized spacial score (nSPS) is 14.4. The SMILES string of the molecule is O=C(/C=C/c1ccc(Br)cc1)OCC(=O)N1CCN(c2ncccn2)CC1. The van der Waals surface area contributed by atoms with Gasteiger partial charge in [0.25, 0.3) is 5.91 Å². The van der Waals surface area contributed by atoms with E-state index >= 15 is 0 Å². The predicted octanol–water partition coefficient (Wildman–Crippen LogP) is 2.14. The van der Waals surface area contributed by atoms with Crippen LogP contribution in [0.2, 0.25) is 0 Å². The second-order valence-corrected chi connectivity index (χ2v) is 6.82. The second kappa shape index (κ2) is 9.27. The summed E-state index contributed by atoms with van der Waals surface area (Å²) >= 11 is 3.35. The largest absolute Gasteiger partial charge is 0.452 e. The third-order valence-electron chi connectivity index (χ3n) is 4.09. The van der Waals surface area contributed by atoms with Gasteiger partial charge in [-0.25, -0.2) is 14.8 Å². The number of hydrogen-bond donors (Lipinski definition) is 0. The molecule has 1 aromatic carbocycles. The molecule has 1 saturated heterocycles. The average Bonchev–Trinajstić information content (AvgIpc) is 2.72. The molecule has 1 amide bonds. The van der Waals surface area contributed by atoms with Crippen LogP contribution in [0, 0.1) is 0 Å². The molecule has 0 unspecified atom stereocenters. The van der Waals surface area contributed by atoms with Gasteiger partial charge < -0.3 is 14.5 Å². The van der Waals surface area contributed by atoms with Crippen LogP contribution in [0.15, 0.2) is 53.3 Å². The highest BCUT2D eigenvalue weighted by Crippen LogP contribution is 2.12. The van der Waals surface area contributed by atoms with Gasteiger partial charge in [0.05, 0.1) is 0 Å². The maximum atomic E-state index is 12.2. The zero-order valence-electron chi connectivity index (χ0n) is 14.6. The van der Waals surface area contributed by atoms with Gasteiger partial charge in [0.2, 0.25) is 5.95 Å². The van der Waals surface area contributed by atoms with E-state index in [1.807, 2.05) is 29.2 Å². The molecule has 140 valence electrons. The van der Waals surface area contributed by atoms with E-state index in [2.05, 4.69) is 25.9 Å². The number of esters is 1. The molecule has 1 aliphatic heterocycles. The van der Waals surface area contributed by atoms with Gasteiger partial charge in [0.15, 0.2) is 6.61 Å². The number of hydrogen-bond acceptors (Lipinski definition) is 6. The molecule has 1 fully saturated rings. The lowest BCUT2D eigenvalue weighted by atomic mass is 10.2. The van der Waals surface area contributed by atoms with Gasteiger partial charge in [-0.1, -0.05) is 28.1 Å². The number of carbonyl (C=O) groups is 2. The Kier molecular flexibility index (Phi) is 6.54. The zero-order valence-corrected chi connectivity index (χ0v) is 16.2. The van der Waals surface area contributed by atoms with E-state index in [1.54, 1.807) is 29.4 Å². The summed E-state index contributed by atoms with van der Waals surface area (Å²) in [6.45, 7) is 2.12. The highest BCUT2D eigenvalue weighted by atomic mass is 79.9. The molecule has 0 atom stereocenters. The minimum absolute atomic E-state index is 0.200. The van der Waals surface area contributed by atoms with E-state index in [1.165, 1.54) is 6.08 Å². The van der Waals surface area contributed by atoms with E-state index < -0.39 is 5.97 Å². The molecule has 2 heterocycles. The van der Waals surface area contributed by atoms with Crippen molar-refractivity contribution in [3.05, 3.63) is 58.8 Å². The quantitative estimate of drug-likeness (QED) is 0.534. The Bertz CT molecular complexity index is 803. The lowest BCUT2D eigenvalue weighted by molar-refractivity contribution is -0.148. The monoisotopic (exact) mass is 430 g/mol. The van der Waals surface area contributed by atoms with E-state index in [0.29, 0.717) is 32.1 Å². The first-order valence-electron chi connectivity index (χ1n) is 8.52. The number of nitrogens with zero attached hydrogens (tertiary/aromatic N) is 4. The molecule has 0 aliphatic carbocycles. The van der Waals surface area contributed by atoms with Crippen LogP contribution in [0.25, 0.3) is 6.08 Å². The van der Waals surface area contributed by atoms with Crippen molar-refractivity contribution in [2.45, 2.75) is 0 Å². The fraction of sp³-hybridized carbons (Fsp3) is 0.263. The van der Waals surface area contributed by atoms with Gasteiger partial charge in [-0.3, -0.25) is 4.79 Å². The van der Waals surface area contributed by atoms with Crippen molar-refractivity contribution in [2.24, 2.45) is 0 Å². The molecule has 8 heteroatoms. The first-order chi connectivity index (χ1) is 13.1. The highest BCUT2D eigenvalue weighted by Gasteiger charge is 2.22. The molecule has 0 saturated carbocycles. The lowest BCUT2D eigenvalue weighted by Gasteiger charge is -2.34. The van der Waals surface area contributed by atoms with Crippen LogP contribution >= 0.6 is 15.9 Å². The standard InChI is InChI=1S/C19H19BrN4O3/c20-16-5-2-15(3-6-16)4-7-18(26)27-14-17(25)23-10-12-24(13-11-23)19-21-8-1-9-22-19/h1-9H,10-14H2/b7-4+. The van der Waals surface area contributed by atoms with E-state index in [0.717, 1.165) is 10.0 Å². The van der Waals surface area contributed by atoms with Crippen LogP contribution in [-0.2, 0) is 14.3 Å². The molecule has 0 radical (unpaired) electrons. The Hall–Kier alpha value is -2.74. The van der Waals surface area contributed by atoms with Crippen molar-refractivity contribution >= 4 is 39.8 Å². The predicted molar refractivity (Wildman–Crippen MR) is 105 cm³/mol. The fourth-order valence-corrected chi connectivity index (χ4v) is 2.89. The average molecular weight is 431 g/mol. The van der Waals surface area contributed by atoms with Crippen molar-refractivity contribution in [3.8, 4) is 0 Å². The molecule has 3 rings (SSSR count). The lowest BCUT2D eigenvalue weighted by Crippen LogP contribution is -2.50. The van der Waals surface area contributed by atoms with Crippen molar-refractivity contribution < 1.29 is 14.3 Å². The number of amides is 1. The van der Waals surface area contributed by atoms with Gasteiger partial charge >= 0.3 is 5.97 Å². The molecule has 1 aliphatic rings. The summed E-state index contributed by atoms with van der Waals surface area (Å²) in [5.74, 6) is -0.0780. The van der Waals surface area contributed by atoms with E-state index in [-0.39, 0.29) is 12.5 Å². The molecule has 0 N–H and O–H groups in total. The Morgan fingerprint density at radius 1 is 1.07 bits per heavy atom. The number of halogens is 1. The Morgan fingerprint density at radius 3 is 2.41 bits per heavy atom. The van der Waals surface area contributed by atoms with Crippen LogP contribution in [0.3, 0.4) is 0 Å². The van der Waals surface area contributed by atoms with Crippen molar-refractivity contribution in [1.29, 1.82) is 0 Å². The van der Waals surface area contributed by atoms with Crippen LogP contribution in [-0.4, -0.2) is 59.5 Å². The van der Waals surface area contributed by atoms with Crippen LogP contribution in [0.4, 0.5) is 5.95 Å². The summed E-state index contributed by atoms with van der Waals surface area (Å²) in [6.07, 6.45) is 6.36. The molecule has 0 spiro atoms. The Labute approximate surface area is 165 Å². The smallest absolute Gasteiger partial charge is 0.331 e. The van der Waals surface area contributed by atoms with E-state index in [4.69, 9.17) is 4.74 Å². The summed E-state index contributed by atoms with van der Waals surface area (Å²) in [6, 6.07) is 9.27. The number of anilines is 1. The van der Waals surface area contributed by atoms with Gasteiger partial charge in [-0.2, -0.15) is 0 Å². The number of rotatable bonds is 5. The number of aromatic nitrogens is 2. The van der Waals surface area contributed by atoms with Gasteiger partial charge in [0.1, 0.15) is 0 Å². The van der Waals surface area contributed by atoms with Crippen LogP contribution in [0.5, 0.6) is 0 Å². The van der Waals surface area contributed by atoms with Crippen LogP contribution in [0.1, 0.15) is 5.56 Å². The van der Waals surface area contributed by atoms with Crippen LogP contribution < -0.4 is 4.90 Å². The summed E-state index contributed by atoms with van der Waals surface area (Å²) in [4.78, 5) is 36.2. The first kappa shape index (κ1) is 19.0. The summed E-state index contributed by atoms with van der Waals surface area (Å²) in [7, 11) is 0. The summed E-state index contributed by atoms with van der Waals surface area (Å²) in [5, 5.41) is 0. The highest BCUT2D eigenvalue weighted by molar-refractivity contribution is 9.10. The minimum atomic E-state index is -0.539. The van der Waals surface area contributed by atoms with E-state index in [9.17, 15) is 9.59 Å². The maximum absolute atomic E-state index is 12.2. The van der Waals surface area contributed by atoms with Gasteiger partial charge in [0, 0.05) is 49.1 Å². The topological polar surface area (TPSA) is 75.6 Å². The number of ether oxygens (including phenoxy) is 1. The number of benzene rings is 1. The zero-order chi connectivity index (χ0) is 19.1. The van der Waals surface area contributed by atoms with Crippen molar-refractivity contribution in [3.63, 3.8) is 0 Å². The number of piperazine rings is 1. The third kappa shape index (κ3) is 5.62. The Balaban J connectivity index is 1.42. The molecular formula is C19H19BrN4O3. The molecule has 2 aromatic rings. The first-order valence-corrected chi connectivity index (χ1v) is 9.31. The maximum Gasteiger partial charge on any atom is 0.331 e. The molecular weight excluding hydrogens is 412 g/mol. The Morgan fingerprint density at radius 2 is 1.74 bits per heavy atom. The summed E-state index contributed by atoms with van der Waals surface area (Å²) < 4.78 is 6.01. The summed E-state index contributed by atoms with van der Waals surface area (Å²) in [5.41, 5.74) is 0.876. The fourth-order valence-electron chi connectivity index (χ4n) is 2.62. The second-order valence-electron chi connectivity index (χ2n) is 5.91.